The summed E-state index contributed by atoms with van der Waals surface area (Å²) in [6.07, 6.45) is -4.00. The maximum Gasteiger partial charge on any atom is 0.416 e. The van der Waals surface area contributed by atoms with Gasteiger partial charge < -0.3 is 15.5 Å². The van der Waals surface area contributed by atoms with Crippen molar-refractivity contribution in [1.29, 1.82) is 0 Å². The Kier molecular flexibility index (Phi) is 9.75. The van der Waals surface area contributed by atoms with Gasteiger partial charge in [-0.05, 0) is 53.6 Å². The van der Waals surface area contributed by atoms with Gasteiger partial charge in [0.1, 0.15) is 0 Å². The average molecular weight is 647 g/mol. The third kappa shape index (κ3) is 7.36. The molecule has 226 valence electrons. The quantitative estimate of drug-likeness (QED) is 0.303. The standard InChI is InChI=1S/C28H28Cl2F3N3O5S/c1-42(40,41)36(24-11-19(10-20(12-24)28(31,32)33)27(39)34-23(15-37)16-38)25-13-35(14-25)26(17-2-6-21(29)7-3-17)18-4-8-22(30)9-5-18/h2-12,23,25-26,37-38H,13-16H2,1H3,(H,34,39). The van der Waals surface area contributed by atoms with E-state index in [2.05, 4.69) is 5.32 Å². The Labute approximate surface area is 251 Å². The predicted molar refractivity (Wildman–Crippen MR) is 154 cm³/mol. The average Bonchev–Trinajstić information content (AvgIpc) is 2.90. The smallest absolute Gasteiger partial charge is 0.394 e. The summed E-state index contributed by atoms with van der Waals surface area (Å²) in [5.74, 6) is -1.01. The van der Waals surface area contributed by atoms with Crippen LogP contribution in [0.1, 0.15) is 33.1 Å². The number of aliphatic hydroxyl groups is 2. The molecule has 1 amide bonds. The molecule has 1 fully saturated rings. The normalized spacial score (nSPS) is 14.7. The summed E-state index contributed by atoms with van der Waals surface area (Å²) in [6.45, 7) is -0.969. The Hall–Kier alpha value is -2.87. The molecule has 0 aliphatic carbocycles. The molecule has 0 bridgehead atoms. The van der Waals surface area contributed by atoms with Gasteiger partial charge in [0.25, 0.3) is 5.91 Å². The molecule has 42 heavy (non-hydrogen) atoms. The monoisotopic (exact) mass is 645 g/mol. The predicted octanol–water partition coefficient (Wildman–Crippen LogP) is 4.34. The third-order valence-electron chi connectivity index (χ3n) is 6.85. The minimum atomic E-state index is -4.89. The van der Waals surface area contributed by atoms with Crippen molar-refractivity contribution in [2.45, 2.75) is 24.3 Å². The number of carbonyl (C=O) groups excluding carboxylic acids is 1. The number of sulfonamides is 1. The van der Waals surface area contributed by atoms with Crippen molar-refractivity contribution in [1.82, 2.24) is 10.2 Å². The molecule has 0 saturated carbocycles. The summed E-state index contributed by atoms with van der Waals surface area (Å²) < 4.78 is 68.5. The Balaban J connectivity index is 1.70. The van der Waals surface area contributed by atoms with E-state index < -0.39 is 58.5 Å². The first-order valence-corrected chi connectivity index (χ1v) is 15.3. The molecule has 3 N–H and O–H groups in total. The van der Waals surface area contributed by atoms with Crippen LogP contribution in [0, 0.1) is 0 Å². The maximum absolute atomic E-state index is 13.9. The molecule has 1 heterocycles. The fourth-order valence-corrected chi connectivity index (χ4v) is 6.29. The Morgan fingerprint density at radius 2 is 1.48 bits per heavy atom. The van der Waals surface area contributed by atoms with Gasteiger partial charge in [-0.15, -0.1) is 0 Å². The third-order valence-corrected chi connectivity index (χ3v) is 8.58. The minimum Gasteiger partial charge on any atom is -0.394 e. The van der Waals surface area contributed by atoms with Crippen LogP contribution in [0.5, 0.6) is 0 Å². The molecule has 1 aliphatic heterocycles. The fraction of sp³-hybridized carbons (Fsp3) is 0.321. The molecule has 1 aliphatic rings. The SMILES string of the molecule is CS(=O)(=O)N(c1cc(C(=O)NC(CO)CO)cc(C(F)(F)F)c1)C1CN(C(c2ccc(Cl)cc2)c2ccc(Cl)cc2)C1. The number of carbonyl (C=O) groups is 1. The minimum absolute atomic E-state index is 0.165. The number of anilines is 1. The number of hydrogen-bond acceptors (Lipinski definition) is 6. The van der Waals surface area contributed by atoms with Crippen LogP contribution in [0.25, 0.3) is 0 Å². The summed E-state index contributed by atoms with van der Waals surface area (Å²) in [5.41, 5.74) is -0.296. The summed E-state index contributed by atoms with van der Waals surface area (Å²) in [7, 11) is -4.11. The summed E-state index contributed by atoms with van der Waals surface area (Å²) >= 11 is 12.2. The van der Waals surface area contributed by atoms with Crippen molar-refractivity contribution in [2.24, 2.45) is 0 Å². The van der Waals surface area contributed by atoms with Crippen LogP contribution in [-0.4, -0.2) is 74.1 Å². The second kappa shape index (κ2) is 12.8. The highest BCUT2D eigenvalue weighted by molar-refractivity contribution is 7.92. The molecule has 0 radical (unpaired) electrons. The molecule has 8 nitrogen and oxygen atoms in total. The number of rotatable bonds is 10. The molecule has 0 atom stereocenters. The molecule has 1 saturated heterocycles. The molecule has 0 unspecified atom stereocenters. The molecule has 0 aromatic heterocycles. The van der Waals surface area contributed by atoms with Gasteiger partial charge in [0.15, 0.2) is 0 Å². The van der Waals surface area contributed by atoms with Gasteiger partial charge in [0.05, 0.1) is 48.8 Å². The zero-order valence-electron chi connectivity index (χ0n) is 22.2. The van der Waals surface area contributed by atoms with E-state index in [0.717, 1.165) is 27.8 Å². The summed E-state index contributed by atoms with van der Waals surface area (Å²) in [5, 5.41) is 21.8. The Morgan fingerprint density at radius 3 is 1.90 bits per heavy atom. The van der Waals surface area contributed by atoms with Gasteiger partial charge in [-0.3, -0.25) is 14.0 Å². The van der Waals surface area contributed by atoms with Crippen LogP contribution in [-0.2, 0) is 16.2 Å². The van der Waals surface area contributed by atoms with Crippen molar-refractivity contribution in [2.75, 3.05) is 36.9 Å². The van der Waals surface area contributed by atoms with Crippen LogP contribution in [0.2, 0.25) is 10.0 Å². The number of hydrogen-bond donors (Lipinski definition) is 3. The number of halogens is 5. The first kappa shape index (κ1) is 32.1. The number of aliphatic hydroxyl groups excluding tert-OH is 2. The molecule has 4 rings (SSSR count). The van der Waals surface area contributed by atoms with E-state index in [9.17, 15) is 36.6 Å². The van der Waals surface area contributed by atoms with E-state index in [1.165, 1.54) is 0 Å². The molecule has 14 heteroatoms. The summed E-state index contributed by atoms with van der Waals surface area (Å²) in [6, 6.07) is 14.4. The molecule has 0 spiro atoms. The van der Waals surface area contributed by atoms with Gasteiger partial charge in [-0.25, -0.2) is 8.42 Å². The van der Waals surface area contributed by atoms with E-state index in [4.69, 9.17) is 23.2 Å². The largest absolute Gasteiger partial charge is 0.416 e. The number of nitrogens with zero attached hydrogens (tertiary/aromatic N) is 2. The molecular formula is C28H28Cl2F3N3O5S. The van der Waals surface area contributed by atoms with Crippen molar-refractivity contribution in [3.8, 4) is 0 Å². The zero-order chi connectivity index (χ0) is 30.8. The Bertz CT molecular complexity index is 1470. The summed E-state index contributed by atoms with van der Waals surface area (Å²) in [4.78, 5) is 14.7. The maximum atomic E-state index is 13.9. The van der Waals surface area contributed by atoms with Crippen molar-refractivity contribution in [3.63, 3.8) is 0 Å². The highest BCUT2D eigenvalue weighted by atomic mass is 35.5. The lowest BCUT2D eigenvalue weighted by molar-refractivity contribution is -0.137. The highest BCUT2D eigenvalue weighted by Crippen LogP contribution is 2.39. The van der Waals surface area contributed by atoms with Gasteiger partial charge in [0, 0.05) is 28.7 Å². The van der Waals surface area contributed by atoms with E-state index in [1.807, 2.05) is 29.2 Å². The van der Waals surface area contributed by atoms with Crippen molar-refractivity contribution >= 4 is 44.8 Å². The molecule has 3 aromatic rings. The lowest BCUT2D eigenvalue weighted by Crippen LogP contribution is -2.61. The van der Waals surface area contributed by atoms with Gasteiger partial charge >= 0.3 is 6.18 Å². The number of likely N-dealkylation sites (tertiary alicyclic amines) is 1. The second-order valence-electron chi connectivity index (χ2n) is 9.97. The number of nitrogens with one attached hydrogen (secondary N) is 1. The first-order chi connectivity index (χ1) is 19.7. The number of benzene rings is 3. The van der Waals surface area contributed by atoms with E-state index >= 15 is 0 Å². The fourth-order valence-electron chi connectivity index (χ4n) is 4.88. The first-order valence-electron chi connectivity index (χ1n) is 12.7. The molecule has 3 aromatic carbocycles. The number of alkyl halides is 3. The van der Waals surface area contributed by atoms with Crippen LogP contribution in [0.15, 0.2) is 66.7 Å². The number of amides is 1. The van der Waals surface area contributed by atoms with E-state index in [1.54, 1.807) is 24.3 Å². The van der Waals surface area contributed by atoms with Crippen LogP contribution in [0.4, 0.5) is 18.9 Å². The van der Waals surface area contributed by atoms with Crippen molar-refractivity contribution < 1.29 is 36.6 Å². The zero-order valence-corrected chi connectivity index (χ0v) is 24.6. The van der Waals surface area contributed by atoms with E-state index in [-0.39, 0.29) is 24.8 Å². The molecular weight excluding hydrogens is 618 g/mol. The Morgan fingerprint density at radius 1 is 0.976 bits per heavy atom. The van der Waals surface area contributed by atoms with Crippen LogP contribution >= 0.6 is 23.2 Å². The van der Waals surface area contributed by atoms with Crippen LogP contribution in [0.3, 0.4) is 0 Å². The lowest BCUT2D eigenvalue weighted by atomic mass is 9.93. The highest BCUT2D eigenvalue weighted by Gasteiger charge is 2.42. The van der Waals surface area contributed by atoms with Gasteiger partial charge in [0.2, 0.25) is 10.0 Å². The van der Waals surface area contributed by atoms with Crippen LogP contribution < -0.4 is 9.62 Å². The second-order valence-corrected chi connectivity index (χ2v) is 12.7. The lowest BCUT2D eigenvalue weighted by Gasteiger charge is -2.49. The van der Waals surface area contributed by atoms with Gasteiger partial charge in [-0.1, -0.05) is 47.5 Å². The van der Waals surface area contributed by atoms with Crippen molar-refractivity contribution in [3.05, 3.63) is 99.0 Å². The topological polar surface area (TPSA) is 110 Å². The van der Waals surface area contributed by atoms with Gasteiger partial charge in [-0.2, -0.15) is 13.2 Å². The van der Waals surface area contributed by atoms with E-state index in [0.29, 0.717) is 22.2 Å².